The molecule has 6 heteroatoms. The number of esters is 1. The molecular weight excluding hydrogens is 332 g/mol. The van der Waals surface area contributed by atoms with Crippen molar-refractivity contribution in [3.05, 3.63) is 65.4 Å². The van der Waals surface area contributed by atoms with Crippen LogP contribution >= 0.6 is 0 Å². The third-order valence-electron chi connectivity index (χ3n) is 4.60. The summed E-state index contributed by atoms with van der Waals surface area (Å²) in [6.45, 7) is 0.943. The average molecular weight is 350 g/mol. The Balaban J connectivity index is 1.32. The second-order valence-corrected chi connectivity index (χ2v) is 6.30. The fourth-order valence-electron chi connectivity index (χ4n) is 3.20. The van der Waals surface area contributed by atoms with Gasteiger partial charge in [0.05, 0.1) is 6.42 Å². The van der Waals surface area contributed by atoms with Crippen molar-refractivity contribution in [1.29, 1.82) is 0 Å². The highest BCUT2D eigenvalue weighted by molar-refractivity contribution is 5.85. The molecule has 0 radical (unpaired) electrons. The van der Waals surface area contributed by atoms with Crippen LogP contribution in [0, 0.1) is 0 Å². The van der Waals surface area contributed by atoms with Crippen molar-refractivity contribution in [3.8, 4) is 0 Å². The van der Waals surface area contributed by atoms with E-state index in [1.807, 2.05) is 36.4 Å². The van der Waals surface area contributed by atoms with Gasteiger partial charge in [0.2, 0.25) is 0 Å². The van der Waals surface area contributed by atoms with Gasteiger partial charge in [-0.15, -0.1) is 0 Å². The van der Waals surface area contributed by atoms with E-state index in [1.165, 1.54) is 5.56 Å². The number of amides is 1. The Kier molecular flexibility index (Phi) is 4.39. The summed E-state index contributed by atoms with van der Waals surface area (Å²) in [5, 5.41) is 4.69. The Morgan fingerprint density at radius 2 is 1.85 bits per heavy atom. The van der Waals surface area contributed by atoms with Crippen molar-refractivity contribution in [2.24, 2.45) is 0 Å². The van der Waals surface area contributed by atoms with Gasteiger partial charge in [-0.25, -0.2) is 0 Å². The lowest BCUT2D eigenvalue weighted by Gasteiger charge is -2.28. The maximum absolute atomic E-state index is 12.3. The van der Waals surface area contributed by atoms with Crippen LogP contribution in [-0.2, 0) is 33.7 Å². The number of rotatable bonds is 4. The zero-order valence-electron chi connectivity index (χ0n) is 14.2. The number of para-hydroxylation sites is 1. The van der Waals surface area contributed by atoms with Gasteiger partial charge in [0.25, 0.3) is 5.91 Å². The highest BCUT2D eigenvalue weighted by Crippen LogP contribution is 2.19. The minimum Gasteiger partial charge on any atom is -0.455 e. The number of carbonyl (C=O) groups is 2. The van der Waals surface area contributed by atoms with Gasteiger partial charge in [-0.2, -0.15) is 0 Å². The van der Waals surface area contributed by atoms with E-state index < -0.39 is 5.97 Å². The molecule has 4 rings (SSSR count). The van der Waals surface area contributed by atoms with Crippen LogP contribution in [0.3, 0.4) is 0 Å². The van der Waals surface area contributed by atoms with E-state index in [0.29, 0.717) is 24.4 Å². The summed E-state index contributed by atoms with van der Waals surface area (Å²) in [7, 11) is 0. The molecule has 132 valence electrons. The summed E-state index contributed by atoms with van der Waals surface area (Å²) in [5.74, 6) is -0.673. The smallest absolute Gasteiger partial charge is 0.312 e. The van der Waals surface area contributed by atoms with Gasteiger partial charge in [0.15, 0.2) is 12.2 Å². The highest BCUT2D eigenvalue weighted by Gasteiger charge is 2.22. The lowest BCUT2D eigenvalue weighted by Crippen LogP contribution is -2.38. The van der Waals surface area contributed by atoms with Gasteiger partial charge >= 0.3 is 5.97 Å². The topological polar surface area (TPSA) is 72.6 Å². The molecule has 2 heterocycles. The molecule has 0 aliphatic carbocycles. The summed E-state index contributed by atoms with van der Waals surface area (Å²) in [6.07, 6.45) is 0.800. The molecule has 2 aromatic carbocycles. The quantitative estimate of drug-likeness (QED) is 0.676. The van der Waals surface area contributed by atoms with Crippen LogP contribution in [0.5, 0.6) is 0 Å². The molecule has 0 spiro atoms. The van der Waals surface area contributed by atoms with Crippen LogP contribution in [0.2, 0.25) is 0 Å². The molecule has 0 N–H and O–H groups in total. The largest absolute Gasteiger partial charge is 0.455 e. The van der Waals surface area contributed by atoms with E-state index in [0.717, 1.165) is 17.4 Å². The van der Waals surface area contributed by atoms with E-state index in [1.54, 1.807) is 11.0 Å². The lowest BCUT2D eigenvalue weighted by atomic mass is 10.00. The van der Waals surface area contributed by atoms with Crippen LogP contribution < -0.4 is 0 Å². The predicted molar refractivity (Wildman–Crippen MR) is 94.2 cm³/mol. The molecule has 1 aromatic heterocycles. The molecule has 6 nitrogen and oxygen atoms in total. The third kappa shape index (κ3) is 3.31. The summed E-state index contributed by atoms with van der Waals surface area (Å²) in [5.41, 5.74) is 3.56. The average Bonchev–Trinajstić information content (AvgIpc) is 3.08. The first-order chi connectivity index (χ1) is 12.7. The van der Waals surface area contributed by atoms with Gasteiger partial charge in [0, 0.05) is 18.5 Å². The minimum absolute atomic E-state index is 0.0207. The molecule has 26 heavy (non-hydrogen) atoms. The zero-order valence-corrected chi connectivity index (χ0v) is 14.2. The standard InChI is InChI=1S/C20H18N2O4/c23-19(22-10-9-14-5-1-2-6-15(14)12-22)13-25-20(24)11-17-16-7-3-4-8-18(16)26-21-17/h1-8H,9-13H2. The third-order valence-corrected chi connectivity index (χ3v) is 4.60. The Labute approximate surface area is 150 Å². The van der Waals surface area contributed by atoms with Crippen molar-refractivity contribution in [3.63, 3.8) is 0 Å². The van der Waals surface area contributed by atoms with E-state index in [4.69, 9.17) is 9.26 Å². The lowest BCUT2D eigenvalue weighted by molar-refractivity contribution is -0.151. The number of benzene rings is 2. The summed E-state index contributed by atoms with van der Waals surface area (Å²) >= 11 is 0. The molecule has 0 saturated carbocycles. The molecule has 1 aliphatic heterocycles. The molecule has 1 amide bonds. The molecule has 3 aromatic rings. The van der Waals surface area contributed by atoms with E-state index in [-0.39, 0.29) is 18.9 Å². The summed E-state index contributed by atoms with van der Waals surface area (Å²) < 4.78 is 10.3. The number of aromatic nitrogens is 1. The van der Waals surface area contributed by atoms with Crippen molar-refractivity contribution < 1.29 is 18.8 Å². The first-order valence-corrected chi connectivity index (χ1v) is 8.54. The normalized spacial score (nSPS) is 13.5. The number of hydrogen-bond acceptors (Lipinski definition) is 5. The van der Waals surface area contributed by atoms with E-state index in [2.05, 4.69) is 11.2 Å². The number of ether oxygens (including phenoxy) is 1. The number of hydrogen-bond donors (Lipinski definition) is 0. The molecule has 0 unspecified atom stereocenters. The van der Waals surface area contributed by atoms with E-state index in [9.17, 15) is 9.59 Å². The van der Waals surface area contributed by atoms with Crippen molar-refractivity contribution in [2.45, 2.75) is 19.4 Å². The molecule has 0 atom stereocenters. The van der Waals surface area contributed by atoms with Crippen LogP contribution in [0.25, 0.3) is 11.0 Å². The molecule has 0 fully saturated rings. The zero-order chi connectivity index (χ0) is 17.9. The Morgan fingerprint density at radius 3 is 2.73 bits per heavy atom. The number of carbonyl (C=O) groups excluding carboxylic acids is 2. The van der Waals surface area contributed by atoms with Gasteiger partial charge in [-0.1, -0.05) is 41.6 Å². The number of fused-ring (bicyclic) bond motifs is 2. The monoisotopic (exact) mass is 350 g/mol. The van der Waals surface area contributed by atoms with Crippen LogP contribution in [-0.4, -0.2) is 35.1 Å². The maximum Gasteiger partial charge on any atom is 0.312 e. The Hall–Kier alpha value is -3.15. The van der Waals surface area contributed by atoms with Crippen LogP contribution in [0.1, 0.15) is 16.8 Å². The van der Waals surface area contributed by atoms with Crippen molar-refractivity contribution >= 4 is 22.8 Å². The van der Waals surface area contributed by atoms with Crippen LogP contribution in [0.4, 0.5) is 0 Å². The minimum atomic E-state index is -0.491. The maximum atomic E-state index is 12.3. The fourth-order valence-corrected chi connectivity index (χ4v) is 3.20. The molecular formula is C20H18N2O4. The van der Waals surface area contributed by atoms with Gasteiger partial charge in [-0.05, 0) is 29.7 Å². The highest BCUT2D eigenvalue weighted by atomic mass is 16.5. The van der Waals surface area contributed by atoms with Gasteiger partial charge in [0.1, 0.15) is 5.69 Å². The first kappa shape index (κ1) is 16.3. The second kappa shape index (κ2) is 7.00. The molecule has 1 aliphatic rings. The predicted octanol–water partition coefficient (Wildman–Crippen LogP) is 2.50. The fraction of sp³-hybridized carbons (Fsp3) is 0.250. The Morgan fingerprint density at radius 1 is 1.08 bits per heavy atom. The Bertz CT molecular complexity index is 963. The SMILES string of the molecule is O=C(Cc1noc2ccccc12)OCC(=O)N1CCc2ccccc2C1. The first-order valence-electron chi connectivity index (χ1n) is 8.54. The van der Waals surface area contributed by atoms with Crippen molar-refractivity contribution in [2.75, 3.05) is 13.2 Å². The number of nitrogens with zero attached hydrogens (tertiary/aromatic N) is 2. The second-order valence-electron chi connectivity index (χ2n) is 6.30. The van der Waals surface area contributed by atoms with Gasteiger partial charge < -0.3 is 14.2 Å². The summed E-state index contributed by atoms with van der Waals surface area (Å²) in [6, 6.07) is 15.4. The van der Waals surface area contributed by atoms with Crippen LogP contribution in [0.15, 0.2) is 53.1 Å². The van der Waals surface area contributed by atoms with Gasteiger partial charge in [-0.3, -0.25) is 9.59 Å². The van der Waals surface area contributed by atoms with E-state index >= 15 is 0 Å². The molecule has 0 bridgehead atoms. The molecule has 0 saturated heterocycles. The summed E-state index contributed by atoms with van der Waals surface area (Å²) in [4.78, 5) is 26.1. The van der Waals surface area contributed by atoms with Crippen molar-refractivity contribution in [1.82, 2.24) is 10.1 Å².